The molecular weight excluding hydrogens is 242 g/mol. The van der Waals surface area contributed by atoms with Crippen LogP contribution in [0.4, 0.5) is 11.4 Å². The first-order valence-electron chi connectivity index (χ1n) is 5.58. The molecule has 1 aliphatic heterocycles. The number of nitrogens with one attached hydrogen (secondary N) is 2. The average Bonchev–Trinajstić information content (AvgIpc) is 2.80. The third-order valence-electron chi connectivity index (χ3n) is 2.86. The Bertz CT molecular complexity index is 419. The van der Waals surface area contributed by atoms with Gasteiger partial charge < -0.3 is 10.6 Å². The molecule has 0 aliphatic carbocycles. The topological polar surface area (TPSA) is 67.2 Å². The van der Waals surface area contributed by atoms with Crippen molar-refractivity contribution < 1.29 is 4.92 Å². The molecular formula is C11H14ClN3O2. The number of benzene rings is 1. The number of nitro groups is 1. The van der Waals surface area contributed by atoms with Crippen molar-refractivity contribution in [1.29, 1.82) is 0 Å². The third-order valence-corrected chi connectivity index (χ3v) is 3.19. The summed E-state index contributed by atoms with van der Waals surface area (Å²) in [4.78, 5) is 10.2. The molecule has 1 fully saturated rings. The fraction of sp³-hybridized carbons (Fsp3) is 0.455. The second-order valence-corrected chi connectivity index (χ2v) is 4.50. The zero-order valence-electron chi connectivity index (χ0n) is 9.28. The zero-order chi connectivity index (χ0) is 12.3. The molecule has 0 saturated carbocycles. The van der Waals surface area contributed by atoms with Crippen molar-refractivity contribution in [2.45, 2.75) is 18.9 Å². The molecule has 2 rings (SSSR count). The van der Waals surface area contributed by atoms with Crippen molar-refractivity contribution >= 4 is 23.0 Å². The predicted octanol–water partition coefficient (Wildman–Crippen LogP) is 2.41. The summed E-state index contributed by atoms with van der Waals surface area (Å²) in [6.07, 6.45) is 2.30. The van der Waals surface area contributed by atoms with E-state index in [4.69, 9.17) is 11.6 Å². The van der Waals surface area contributed by atoms with Crippen LogP contribution in [-0.2, 0) is 0 Å². The molecule has 1 heterocycles. The van der Waals surface area contributed by atoms with Crippen molar-refractivity contribution in [2.24, 2.45) is 0 Å². The highest BCUT2D eigenvalue weighted by Gasteiger charge is 2.15. The van der Waals surface area contributed by atoms with Crippen LogP contribution in [0.15, 0.2) is 18.2 Å². The van der Waals surface area contributed by atoms with Crippen LogP contribution in [-0.4, -0.2) is 24.1 Å². The van der Waals surface area contributed by atoms with E-state index in [0.29, 0.717) is 16.8 Å². The minimum atomic E-state index is -0.421. The fourth-order valence-corrected chi connectivity index (χ4v) is 2.11. The van der Waals surface area contributed by atoms with Crippen molar-refractivity contribution in [3.63, 3.8) is 0 Å². The molecule has 1 aromatic rings. The first-order chi connectivity index (χ1) is 8.16. The standard InChI is InChI=1S/C11H14ClN3O2/c12-10-4-3-9(15(16)17)6-11(10)14-7-8-2-1-5-13-8/h3-4,6,8,13-14H,1-2,5,7H2. The Kier molecular flexibility index (Phi) is 3.81. The highest BCUT2D eigenvalue weighted by molar-refractivity contribution is 6.33. The van der Waals surface area contributed by atoms with Crippen molar-refractivity contribution in [3.8, 4) is 0 Å². The van der Waals surface area contributed by atoms with E-state index in [0.717, 1.165) is 19.5 Å². The molecule has 0 spiro atoms. The Labute approximate surface area is 104 Å². The normalized spacial score (nSPS) is 19.2. The summed E-state index contributed by atoms with van der Waals surface area (Å²) in [7, 11) is 0. The molecule has 6 heteroatoms. The first kappa shape index (κ1) is 12.1. The quantitative estimate of drug-likeness (QED) is 0.640. The molecule has 0 bridgehead atoms. The van der Waals surface area contributed by atoms with Gasteiger partial charge in [0.05, 0.1) is 15.6 Å². The number of nitrogens with zero attached hydrogens (tertiary/aromatic N) is 1. The smallest absolute Gasteiger partial charge is 0.271 e. The molecule has 1 aromatic carbocycles. The number of hydrogen-bond donors (Lipinski definition) is 2. The van der Waals surface area contributed by atoms with E-state index in [-0.39, 0.29) is 5.69 Å². The zero-order valence-corrected chi connectivity index (χ0v) is 10.0. The van der Waals surface area contributed by atoms with Gasteiger partial charge in [-0.05, 0) is 25.5 Å². The number of hydrogen-bond acceptors (Lipinski definition) is 4. The number of rotatable bonds is 4. The molecule has 1 aliphatic rings. The summed E-state index contributed by atoms with van der Waals surface area (Å²) in [5, 5.41) is 17.7. The van der Waals surface area contributed by atoms with Crippen LogP contribution in [0.5, 0.6) is 0 Å². The van der Waals surface area contributed by atoms with Gasteiger partial charge in [0.1, 0.15) is 0 Å². The summed E-state index contributed by atoms with van der Waals surface area (Å²) in [5.41, 5.74) is 0.672. The van der Waals surface area contributed by atoms with Crippen LogP contribution in [0.1, 0.15) is 12.8 Å². The van der Waals surface area contributed by atoms with E-state index in [1.807, 2.05) is 0 Å². The first-order valence-corrected chi connectivity index (χ1v) is 5.96. The Morgan fingerprint density at radius 1 is 1.59 bits per heavy atom. The van der Waals surface area contributed by atoms with Gasteiger partial charge in [-0.2, -0.15) is 0 Å². The van der Waals surface area contributed by atoms with E-state index < -0.39 is 4.92 Å². The average molecular weight is 256 g/mol. The number of non-ortho nitro benzene ring substituents is 1. The second-order valence-electron chi connectivity index (χ2n) is 4.10. The SMILES string of the molecule is O=[N+]([O-])c1ccc(Cl)c(NCC2CCCN2)c1. The largest absolute Gasteiger partial charge is 0.382 e. The number of nitro benzene ring substituents is 1. The predicted molar refractivity (Wildman–Crippen MR) is 67.6 cm³/mol. The summed E-state index contributed by atoms with van der Waals surface area (Å²) in [6.45, 7) is 1.77. The molecule has 1 saturated heterocycles. The Morgan fingerprint density at radius 2 is 2.41 bits per heavy atom. The van der Waals surface area contributed by atoms with Crippen molar-refractivity contribution in [3.05, 3.63) is 33.3 Å². The molecule has 1 atom stereocenters. The van der Waals surface area contributed by atoms with E-state index in [9.17, 15) is 10.1 Å². The summed E-state index contributed by atoms with van der Waals surface area (Å²) in [5.74, 6) is 0. The summed E-state index contributed by atoms with van der Waals surface area (Å²) >= 11 is 5.98. The van der Waals surface area contributed by atoms with Gasteiger partial charge in [-0.15, -0.1) is 0 Å². The van der Waals surface area contributed by atoms with Gasteiger partial charge in [-0.1, -0.05) is 11.6 Å². The molecule has 5 nitrogen and oxygen atoms in total. The van der Waals surface area contributed by atoms with Crippen molar-refractivity contribution in [2.75, 3.05) is 18.4 Å². The summed E-state index contributed by atoms with van der Waals surface area (Å²) < 4.78 is 0. The van der Waals surface area contributed by atoms with Crippen LogP contribution in [0.2, 0.25) is 5.02 Å². The molecule has 0 amide bonds. The molecule has 1 unspecified atom stereocenters. The van der Waals surface area contributed by atoms with Crippen LogP contribution >= 0.6 is 11.6 Å². The minimum Gasteiger partial charge on any atom is -0.382 e. The van der Waals surface area contributed by atoms with E-state index >= 15 is 0 Å². The highest BCUT2D eigenvalue weighted by atomic mass is 35.5. The summed E-state index contributed by atoms with van der Waals surface area (Å²) in [6, 6.07) is 4.84. The molecule has 0 aromatic heterocycles. The van der Waals surface area contributed by atoms with Gasteiger partial charge in [-0.3, -0.25) is 10.1 Å². The molecule has 2 N–H and O–H groups in total. The fourth-order valence-electron chi connectivity index (χ4n) is 1.93. The van der Waals surface area contributed by atoms with Gasteiger partial charge in [0.15, 0.2) is 0 Å². The van der Waals surface area contributed by atoms with Crippen LogP contribution in [0, 0.1) is 10.1 Å². The lowest BCUT2D eigenvalue weighted by atomic mass is 10.2. The van der Waals surface area contributed by atoms with Gasteiger partial charge in [0.2, 0.25) is 0 Å². The highest BCUT2D eigenvalue weighted by Crippen LogP contribution is 2.26. The monoisotopic (exact) mass is 255 g/mol. The molecule has 0 radical (unpaired) electrons. The van der Waals surface area contributed by atoms with E-state index in [1.165, 1.54) is 18.6 Å². The maximum atomic E-state index is 10.6. The van der Waals surface area contributed by atoms with Gasteiger partial charge >= 0.3 is 0 Å². The Morgan fingerprint density at radius 3 is 3.06 bits per heavy atom. The number of anilines is 1. The van der Waals surface area contributed by atoms with Crippen LogP contribution in [0.3, 0.4) is 0 Å². The second kappa shape index (κ2) is 5.33. The van der Waals surface area contributed by atoms with Crippen molar-refractivity contribution in [1.82, 2.24) is 5.32 Å². The Hall–Kier alpha value is -1.33. The minimum absolute atomic E-state index is 0.0521. The van der Waals surface area contributed by atoms with Crippen LogP contribution in [0.25, 0.3) is 0 Å². The van der Waals surface area contributed by atoms with Crippen LogP contribution < -0.4 is 10.6 Å². The lowest BCUT2D eigenvalue weighted by Crippen LogP contribution is -2.29. The lowest BCUT2D eigenvalue weighted by Gasteiger charge is -2.13. The molecule has 92 valence electrons. The maximum absolute atomic E-state index is 10.6. The molecule has 17 heavy (non-hydrogen) atoms. The lowest BCUT2D eigenvalue weighted by molar-refractivity contribution is -0.384. The Balaban J connectivity index is 2.03. The third kappa shape index (κ3) is 3.08. The van der Waals surface area contributed by atoms with Gasteiger partial charge in [0, 0.05) is 24.7 Å². The number of halogens is 1. The van der Waals surface area contributed by atoms with Gasteiger partial charge in [-0.25, -0.2) is 0 Å². The van der Waals surface area contributed by atoms with E-state index in [1.54, 1.807) is 6.07 Å². The van der Waals surface area contributed by atoms with Gasteiger partial charge in [0.25, 0.3) is 5.69 Å². The van der Waals surface area contributed by atoms with E-state index in [2.05, 4.69) is 10.6 Å². The maximum Gasteiger partial charge on any atom is 0.271 e.